The van der Waals surface area contributed by atoms with Gasteiger partial charge in [0.25, 0.3) is 0 Å². The summed E-state index contributed by atoms with van der Waals surface area (Å²) in [6.45, 7) is 1.24. The predicted octanol–water partition coefficient (Wildman–Crippen LogP) is 4.23. The third-order valence-electron chi connectivity index (χ3n) is 5.57. The maximum atomic E-state index is 13.5. The first-order chi connectivity index (χ1) is 17.4. The van der Waals surface area contributed by atoms with Crippen LogP contribution in [0.2, 0.25) is 0 Å². The highest BCUT2D eigenvalue weighted by molar-refractivity contribution is 5.95. The van der Waals surface area contributed by atoms with E-state index in [2.05, 4.69) is 27.2 Å². The summed E-state index contributed by atoms with van der Waals surface area (Å²) in [6.07, 6.45) is -7.70. The smallest absolute Gasteiger partial charge is 0.312 e. The Kier molecular flexibility index (Phi) is 7.22. The van der Waals surface area contributed by atoms with Gasteiger partial charge in [-0.2, -0.15) is 31.4 Å². The molecule has 1 fully saturated rings. The minimum atomic E-state index is -5.18. The van der Waals surface area contributed by atoms with Crippen molar-refractivity contribution in [1.82, 2.24) is 20.1 Å². The highest BCUT2D eigenvalue weighted by atomic mass is 19.4. The first-order valence-corrected chi connectivity index (χ1v) is 10.8. The van der Waals surface area contributed by atoms with E-state index < -0.39 is 47.3 Å². The number of halogens is 7. The zero-order valence-corrected chi connectivity index (χ0v) is 18.9. The maximum Gasteiger partial charge on any atom is 0.418 e. The van der Waals surface area contributed by atoms with Crippen LogP contribution in [0.3, 0.4) is 0 Å². The molecule has 0 bridgehead atoms. The van der Waals surface area contributed by atoms with E-state index in [4.69, 9.17) is 0 Å². The molecule has 0 saturated carbocycles. The maximum absolute atomic E-state index is 13.5. The van der Waals surface area contributed by atoms with Crippen molar-refractivity contribution in [2.24, 2.45) is 0 Å². The molecule has 1 aliphatic rings. The number of amides is 1. The van der Waals surface area contributed by atoms with Crippen molar-refractivity contribution in [2.75, 3.05) is 24.5 Å². The SMILES string of the molecule is O=C(Cc1ncc(C(F)(F)F)cc1C(F)(F)F)N(CC#Cc1cnn(C2CNC2)c1)c1ccc(F)cc1. The zero-order valence-electron chi connectivity index (χ0n) is 18.9. The summed E-state index contributed by atoms with van der Waals surface area (Å²) in [7, 11) is 0. The molecule has 1 N–H and O–H groups in total. The number of nitrogens with zero attached hydrogens (tertiary/aromatic N) is 4. The summed E-state index contributed by atoms with van der Waals surface area (Å²) in [6, 6.07) is 4.71. The van der Waals surface area contributed by atoms with Crippen LogP contribution in [-0.4, -0.2) is 40.3 Å². The van der Waals surface area contributed by atoms with Gasteiger partial charge in [-0.3, -0.25) is 14.5 Å². The molecule has 1 aliphatic heterocycles. The van der Waals surface area contributed by atoms with Gasteiger partial charge in [0.05, 0.1) is 47.6 Å². The van der Waals surface area contributed by atoms with Gasteiger partial charge in [-0.15, -0.1) is 0 Å². The summed E-state index contributed by atoms with van der Waals surface area (Å²) in [5.74, 6) is 4.03. The highest BCUT2D eigenvalue weighted by Gasteiger charge is 2.39. The molecule has 1 aromatic carbocycles. The molecule has 37 heavy (non-hydrogen) atoms. The van der Waals surface area contributed by atoms with E-state index in [9.17, 15) is 35.5 Å². The lowest BCUT2D eigenvalue weighted by Gasteiger charge is -2.26. The number of carbonyl (C=O) groups excluding carboxylic acids is 1. The molecule has 2 aromatic heterocycles. The van der Waals surface area contributed by atoms with E-state index >= 15 is 0 Å². The summed E-state index contributed by atoms with van der Waals surface area (Å²) in [5, 5.41) is 7.32. The third kappa shape index (κ3) is 6.26. The van der Waals surface area contributed by atoms with Gasteiger partial charge in [-0.25, -0.2) is 4.39 Å². The molecule has 0 unspecified atom stereocenters. The van der Waals surface area contributed by atoms with E-state index in [1.807, 2.05) is 0 Å². The summed E-state index contributed by atoms with van der Waals surface area (Å²) in [5.41, 5.74) is -3.45. The molecule has 194 valence electrons. The molecule has 0 atom stereocenters. The lowest BCUT2D eigenvalue weighted by Crippen LogP contribution is -2.43. The van der Waals surface area contributed by atoms with Crippen LogP contribution in [-0.2, 0) is 23.6 Å². The summed E-state index contributed by atoms with van der Waals surface area (Å²) < 4.78 is 94.5. The van der Waals surface area contributed by atoms with Gasteiger partial charge in [0.2, 0.25) is 5.91 Å². The second kappa shape index (κ2) is 10.2. The first kappa shape index (κ1) is 26.2. The molecule has 3 aromatic rings. The molecule has 4 rings (SSSR count). The molecule has 3 heterocycles. The second-order valence-electron chi connectivity index (χ2n) is 8.17. The zero-order chi connectivity index (χ0) is 26.8. The molecule has 13 heteroatoms. The average Bonchev–Trinajstić information content (AvgIpc) is 3.23. The normalized spacial score (nSPS) is 14.0. The van der Waals surface area contributed by atoms with Crippen LogP contribution in [0.5, 0.6) is 0 Å². The Hall–Kier alpha value is -3.92. The van der Waals surface area contributed by atoms with E-state index in [1.54, 1.807) is 10.9 Å². The number of anilines is 1. The molecule has 0 spiro atoms. The minimum Gasteiger partial charge on any atom is -0.312 e. The topological polar surface area (TPSA) is 63.1 Å². The number of carbonyl (C=O) groups is 1. The number of rotatable bonds is 5. The van der Waals surface area contributed by atoms with Crippen molar-refractivity contribution in [1.29, 1.82) is 0 Å². The highest BCUT2D eigenvalue weighted by Crippen LogP contribution is 2.36. The van der Waals surface area contributed by atoms with Gasteiger partial charge in [-0.05, 0) is 30.3 Å². The Morgan fingerprint density at radius 1 is 1.08 bits per heavy atom. The van der Waals surface area contributed by atoms with Crippen molar-refractivity contribution in [3.05, 3.63) is 77.1 Å². The van der Waals surface area contributed by atoms with Gasteiger partial charge in [0, 0.05) is 31.2 Å². The van der Waals surface area contributed by atoms with Crippen molar-refractivity contribution in [3.8, 4) is 11.8 Å². The first-order valence-electron chi connectivity index (χ1n) is 10.8. The molecule has 0 aliphatic carbocycles. The Balaban J connectivity index is 1.59. The van der Waals surface area contributed by atoms with Crippen LogP contribution < -0.4 is 10.2 Å². The number of benzene rings is 1. The fourth-order valence-corrected chi connectivity index (χ4v) is 3.50. The number of pyridine rings is 1. The average molecular weight is 525 g/mol. The van der Waals surface area contributed by atoms with Gasteiger partial charge >= 0.3 is 12.4 Å². The van der Waals surface area contributed by atoms with Crippen LogP contribution in [0, 0.1) is 17.7 Å². The molecular weight excluding hydrogens is 507 g/mol. The molecule has 1 saturated heterocycles. The lowest BCUT2D eigenvalue weighted by atomic mass is 10.1. The fourth-order valence-electron chi connectivity index (χ4n) is 3.50. The van der Waals surface area contributed by atoms with Crippen molar-refractivity contribution in [3.63, 3.8) is 0 Å². The van der Waals surface area contributed by atoms with Crippen molar-refractivity contribution in [2.45, 2.75) is 24.8 Å². The van der Waals surface area contributed by atoms with E-state index in [1.165, 1.54) is 18.3 Å². The fraction of sp³-hybridized carbons (Fsp3) is 0.292. The monoisotopic (exact) mass is 525 g/mol. The van der Waals surface area contributed by atoms with E-state index in [-0.39, 0.29) is 30.5 Å². The van der Waals surface area contributed by atoms with Gasteiger partial charge in [-0.1, -0.05) is 11.8 Å². The van der Waals surface area contributed by atoms with Gasteiger partial charge in [0.1, 0.15) is 5.82 Å². The standard InChI is InChI=1S/C24H18F7N5O/c25-17-3-5-18(6-4-17)35(7-1-2-15-10-34-36(14-15)19-12-32-13-19)22(37)9-21-20(24(29,30)31)8-16(11-33-21)23(26,27)28/h3-6,8,10-11,14,19,32H,7,9,12-13H2. The van der Waals surface area contributed by atoms with E-state index in [0.29, 0.717) is 5.56 Å². The molecular formula is C24H18F7N5O. The van der Waals surface area contributed by atoms with Crippen molar-refractivity contribution < 1.29 is 35.5 Å². The molecule has 6 nitrogen and oxygen atoms in total. The van der Waals surface area contributed by atoms with Gasteiger partial charge < -0.3 is 10.2 Å². The Bertz CT molecular complexity index is 1330. The summed E-state index contributed by atoms with van der Waals surface area (Å²) in [4.78, 5) is 17.4. The Morgan fingerprint density at radius 3 is 2.38 bits per heavy atom. The van der Waals surface area contributed by atoms with Gasteiger partial charge in [0.15, 0.2) is 0 Å². The van der Waals surface area contributed by atoms with Crippen molar-refractivity contribution >= 4 is 11.6 Å². The van der Waals surface area contributed by atoms with E-state index in [0.717, 1.165) is 30.1 Å². The Labute approximate surface area is 206 Å². The number of hydrogen-bond acceptors (Lipinski definition) is 4. The number of aromatic nitrogens is 3. The minimum absolute atomic E-state index is 0.0765. The van der Waals surface area contributed by atoms with Crippen LogP contribution in [0.25, 0.3) is 0 Å². The van der Waals surface area contributed by atoms with Crippen LogP contribution in [0.15, 0.2) is 48.9 Å². The Morgan fingerprint density at radius 2 is 1.78 bits per heavy atom. The van der Waals surface area contributed by atoms with Crippen LogP contribution in [0.1, 0.15) is 28.4 Å². The quantitative estimate of drug-likeness (QED) is 0.400. The second-order valence-corrected chi connectivity index (χ2v) is 8.17. The van der Waals surface area contributed by atoms with Crippen LogP contribution in [0.4, 0.5) is 36.4 Å². The lowest BCUT2D eigenvalue weighted by molar-refractivity contribution is -0.143. The van der Waals surface area contributed by atoms with Crippen LogP contribution >= 0.6 is 0 Å². The molecule has 0 radical (unpaired) electrons. The molecule has 1 amide bonds. The predicted molar refractivity (Wildman–Crippen MR) is 118 cm³/mol. The third-order valence-corrected chi connectivity index (χ3v) is 5.57. The number of nitrogens with one attached hydrogen (secondary N) is 1. The number of alkyl halides is 6. The largest absolute Gasteiger partial charge is 0.418 e. The number of hydrogen-bond donors (Lipinski definition) is 1. The summed E-state index contributed by atoms with van der Waals surface area (Å²) >= 11 is 0.